The van der Waals surface area contributed by atoms with Crippen LogP contribution in [0.4, 0.5) is 11.4 Å². The molecule has 30 heavy (non-hydrogen) atoms. The number of esters is 1. The van der Waals surface area contributed by atoms with Crippen LogP contribution in [0.25, 0.3) is 0 Å². The Morgan fingerprint density at radius 3 is 2.70 bits per heavy atom. The van der Waals surface area contributed by atoms with Gasteiger partial charge in [0.05, 0.1) is 25.4 Å². The molecule has 0 bridgehead atoms. The van der Waals surface area contributed by atoms with Crippen molar-refractivity contribution in [1.29, 1.82) is 0 Å². The molecule has 5 nitrogen and oxygen atoms in total. The minimum Gasteiger partial charge on any atom is -0.465 e. The molecule has 0 unspecified atom stereocenters. The van der Waals surface area contributed by atoms with Crippen molar-refractivity contribution in [3.05, 3.63) is 88.7 Å². The molecule has 1 aliphatic rings. The molecule has 2 heterocycles. The molecule has 0 fully saturated rings. The molecule has 1 aliphatic heterocycles. The maximum atomic E-state index is 12.0. The summed E-state index contributed by atoms with van der Waals surface area (Å²) in [7, 11) is 3.48. The van der Waals surface area contributed by atoms with Crippen molar-refractivity contribution >= 4 is 17.3 Å². The highest BCUT2D eigenvalue weighted by Crippen LogP contribution is 2.37. The summed E-state index contributed by atoms with van der Waals surface area (Å²) in [4.78, 5) is 18.3. The summed E-state index contributed by atoms with van der Waals surface area (Å²) in [6, 6.07) is 16.7. The lowest BCUT2D eigenvalue weighted by molar-refractivity contribution is 0.0580. The second-order valence-electron chi connectivity index (χ2n) is 7.64. The minimum absolute atomic E-state index is 0.0180. The number of pyridine rings is 1. The third-order valence-corrected chi connectivity index (χ3v) is 5.71. The van der Waals surface area contributed by atoms with Crippen LogP contribution < -0.4 is 4.90 Å². The zero-order valence-electron chi connectivity index (χ0n) is 17.6. The molecule has 0 spiro atoms. The summed E-state index contributed by atoms with van der Waals surface area (Å²) in [6.07, 6.45) is 4.86. The van der Waals surface area contributed by atoms with E-state index in [1.54, 1.807) is 18.5 Å². The van der Waals surface area contributed by atoms with E-state index < -0.39 is 0 Å². The van der Waals surface area contributed by atoms with Crippen LogP contribution in [0.3, 0.4) is 0 Å². The molecule has 3 aromatic rings. The Morgan fingerprint density at radius 2 is 1.93 bits per heavy atom. The number of carbonyl (C=O) groups excluding carboxylic acids is 1. The van der Waals surface area contributed by atoms with E-state index in [1.807, 2.05) is 0 Å². The van der Waals surface area contributed by atoms with E-state index in [-0.39, 0.29) is 12.1 Å². The van der Waals surface area contributed by atoms with Crippen LogP contribution in [-0.4, -0.2) is 25.1 Å². The first kappa shape index (κ1) is 20.1. The molecule has 0 aliphatic carbocycles. The number of carbonyl (C=O) groups is 1. The fourth-order valence-electron chi connectivity index (χ4n) is 3.90. The number of ether oxygens (including phenoxy) is 2. The van der Waals surface area contributed by atoms with Crippen LogP contribution in [0.1, 0.15) is 45.1 Å². The van der Waals surface area contributed by atoms with Crippen molar-refractivity contribution in [3.63, 3.8) is 0 Å². The van der Waals surface area contributed by atoms with Gasteiger partial charge in [0.1, 0.15) is 0 Å². The highest BCUT2D eigenvalue weighted by atomic mass is 16.5. The zero-order valence-corrected chi connectivity index (χ0v) is 17.6. The van der Waals surface area contributed by atoms with Gasteiger partial charge in [-0.05, 0) is 66.8 Å². The van der Waals surface area contributed by atoms with E-state index in [1.165, 1.54) is 23.8 Å². The first-order valence-electron chi connectivity index (χ1n) is 10.1. The third kappa shape index (κ3) is 4.07. The summed E-state index contributed by atoms with van der Waals surface area (Å²) >= 11 is 0. The molecule has 1 aromatic heterocycles. The average molecular weight is 402 g/mol. The summed E-state index contributed by atoms with van der Waals surface area (Å²) in [5, 5.41) is 0. The highest BCUT2D eigenvalue weighted by Gasteiger charge is 2.24. The Labute approximate surface area is 177 Å². The van der Waals surface area contributed by atoms with Crippen molar-refractivity contribution in [3.8, 4) is 0 Å². The molecule has 0 amide bonds. The molecule has 1 atom stereocenters. The monoisotopic (exact) mass is 402 g/mol. The first-order chi connectivity index (χ1) is 14.6. The largest absolute Gasteiger partial charge is 0.465 e. The van der Waals surface area contributed by atoms with E-state index in [0.29, 0.717) is 18.6 Å². The molecule has 0 saturated heterocycles. The van der Waals surface area contributed by atoms with Crippen LogP contribution in [0, 0.1) is 6.92 Å². The number of nitrogens with zero attached hydrogens (tertiary/aromatic N) is 2. The topological polar surface area (TPSA) is 51.7 Å². The molecule has 0 saturated carbocycles. The Hall–Kier alpha value is -3.18. The maximum absolute atomic E-state index is 12.0. The van der Waals surface area contributed by atoms with E-state index in [2.05, 4.69) is 66.3 Å². The van der Waals surface area contributed by atoms with Gasteiger partial charge in [0.15, 0.2) is 0 Å². The standard InChI is InChI=1S/C25H26N2O3/c1-17-4-7-20(8-5-17)27(2)21-9-10-22-19(14-21)16-30-24(22)11-6-18-15-26-13-12-23(18)25(28)29-3/h4-5,7-10,12-15,24H,6,11,16H2,1-3H3/t24-/m0/s1. The van der Waals surface area contributed by atoms with Crippen LogP contribution in [-0.2, 0) is 22.5 Å². The number of aromatic nitrogens is 1. The van der Waals surface area contributed by atoms with Gasteiger partial charge in [-0.2, -0.15) is 0 Å². The lowest BCUT2D eigenvalue weighted by Crippen LogP contribution is -2.10. The predicted molar refractivity (Wildman–Crippen MR) is 117 cm³/mol. The quantitative estimate of drug-likeness (QED) is 0.534. The molecule has 0 N–H and O–H groups in total. The molecular weight excluding hydrogens is 376 g/mol. The van der Waals surface area contributed by atoms with Gasteiger partial charge < -0.3 is 14.4 Å². The third-order valence-electron chi connectivity index (χ3n) is 5.71. The van der Waals surface area contributed by atoms with Crippen molar-refractivity contribution in [2.45, 2.75) is 32.5 Å². The second kappa shape index (κ2) is 8.67. The van der Waals surface area contributed by atoms with E-state index in [4.69, 9.17) is 9.47 Å². The summed E-state index contributed by atoms with van der Waals surface area (Å²) in [5.74, 6) is -0.330. The Morgan fingerprint density at radius 1 is 1.17 bits per heavy atom. The van der Waals surface area contributed by atoms with E-state index in [0.717, 1.165) is 23.4 Å². The summed E-state index contributed by atoms with van der Waals surface area (Å²) in [6.45, 7) is 2.70. The summed E-state index contributed by atoms with van der Waals surface area (Å²) in [5.41, 5.74) is 7.44. The number of hydrogen-bond acceptors (Lipinski definition) is 5. The Balaban J connectivity index is 1.48. The highest BCUT2D eigenvalue weighted by molar-refractivity contribution is 5.90. The lowest BCUT2D eigenvalue weighted by Gasteiger charge is -2.21. The molecule has 0 radical (unpaired) electrons. The number of aryl methyl sites for hydroxylation is 2. The number of anilines is 2. The van der Waals surface area contributed by atoms with Gasteiger partial charge in [0.25, 0.3) is 0 Å². The number of fused-ring (bicyclic) bond motifs is 1. The van der Waals surface area contributed by atoms with Crippen molar-refractivity contribution in [2.75, 3.05) is 19.1 Å². The maximum Gasteiger partial charge on any atom is 0.338 e. The van der Waals surface area contributed by atoms with Gasteiger partial charge in [-0.25, -0.2) is 4.79 Å². The van der Waals surface area contributed by atoms with Crippen molar-refractivity contribution < 1.29 is 14.3 Å². The minimum atomic E-state index is -0.330. The first-order valence-corrected chi connectivity index (χ1v) is 10.1. The second-order valence-corrected chi connectivity index (χ2v) is 7.64. The molecule has 2 aromatic carbocycles. The van der Waals surface area contributed by atoms with Gasteiger partial charge in [-0.15, -0.1) is 0 Å². The normalized spacial score (nSPS) is 15.0. The Kier molecular flexibility index (Phi) is 5.81. The molecule has 5 heteroatoms. The average Bonchev–Trinajstić information content (AvgIpc) is 3.19. The van der Waals surface area contributed by atoms with Gasteiger partial charge in [-0.1, -0.05) is 23.8 Å². The van der Waals surface area contributed by atoms with Crippen LogP contribution in [0.5, 0.6) is 0 Å². The lowest BCUT2D eigenvalue weighted by atomic mass is 9.97. The SMILES string of the molecule is COC(=O)c1ccncc1CC[C@@H]1OCc2cc(N(C)c3ccc(C)cc3)ccc21. The van der Waals surface area contributed by atoms with Gasteiger partial charge in [-0.3, -0.25) is 4.98 Å². The van der Waals surface area contributed by atoms with Gasteiger partial charge >= 0.3 is 5.97 Å². The fraction of sp³-hybridized carbons (Fsp3) is 0.280. The van der Waals surface area contributed by atoms with Crippen LogP contribution in [0.2, 0.25) is 0 Å². The number of benzene rings is 2. The number of methoxy groups -OCH3 is 1. The van der Waals surface area contributed by atoms with E-state index >= 15 is 0 Å². The van der Waals surface area contributed by atoms with Crippen molar-refractivity contribution in [1.82, 2.24) is 4.98 Å². The molecular formula is C25H26N2O3. The molecule has 154 valence electrons. The number of hydrogen-bond donors (Lipinski definition) is 0. The van der Waals surface area contributed by atoms with Gasteiger partial charge in [0.2, 0.25) is 0 Å². The predicted octanol–water partition coefficient (Wildman–Crippen LogP) is 5.15. The van der Waals surface area contributed by atoms with Crippen LogP contribution in [0.15, 0.2) is 60.9 Å². The van der Waals surface area contributed by atoms with Gasteiger partial charge in [0, 0.05) is 30.8 Å². The van der Waals surface area contributed by atoms with Crippen LogP contribution >= 0.6 is 0 Å². The summed E-state index contributed by atoms with van der Waals surface area (Å²) < 4.78 is 11.0. The zero-order chi connectivity index (χ0) is 21.1. The van der Waals surface area contributed by atoms with Crippen molar-refractivity contribution in [2.24, 2.45) is 0 Å². The number of rotatable bonds is 6. The van der Waals surface area contributed by atoms with E-state index in [9.17, 15) is 4.79 Å². The smallest absolute Gasteiger partial charge is 0.338 e. The fourth-order valence-corrected chi connectivity index (χ4v) is 3.90. The molecule has 4 rings (SSSR count). The Bertz CT molecular complexity index is 1050.